The molecule has 0 aromatic heterocycles. The van der Waals surface area contributed by atoms with Gasteiger partial charge in [-0.2, -0.15) is 0 Å². The molecule has 1 aliphatic rings. The van der Waals surface area contributed by atoms with E-state index in [1.54, 1.807) is 0 Å². The lowest BCUT2D eigenvalue weighted by Gasteiger charge is -2.05. The van der Waals surface area contributed by atoms with Crippen molar-refractivity contribution in [3.63, 3.8) is 0 Å². The lowest BCUT2D eigenvalue weighted by molar-refractivity contribution is 0.0788. The van der Waals surface area contributed by atoms with Crippen molar-refractivity contribution in [1.29, 1.82) is 0 Å². The van der Waals surface area contributed by atoms with Gasteiger partial charge in [0.1, 0.15) is 5.60 Å². The molecule has 0 N–H and O–H groups in total. The Bertz CT molecular complexity index is 105. The second-order valence-corrected chi connectivity index (χ2v) is 2.44. The molecular weight excluding hydrogens is 116 g/mol. The smallest absolute Gasteiger partial charge is 0.233 e. The van der Waals surface area contributed by atoms with Crippen molar-refractivity contribution in [3.8, 4) is 0 Å². The fourth-order valence-electron chi connectivity index (χ4n) is 0.687. The first-order valence-electron chi connectivity index (χ1n) is 3.36. The molecule has 9 heavy (non-hydrogen) atoms. The molecule has 0 aromatic rings. The standard InChI is InChI=1S/C7H11O2/c1-2-5-9-7(6-8)3-4-7/h2-5H2,1H3. The third-order valence-electron chi connectivity index (χ3n) is 1.47. The predicted octanol–water partition coefficient (Wildman–Crippen LogP) is 1.06. The molecule has 2 nitrogen and oxygen atoms in total. The van der Waals surface area contributed by atoms with Crippen molar-refractivity contribution < 1.29 is 9.53 Å². The van der Waals surface area contributed by atoms with Crippen LogP contribution in [0.25, 0.3) is 0 Å². The largest absolute Gasteiger partial charge is 0.367 e. The molecule has 0 bridgehead atoms. The van der Waals surface area contributed by atoms with Crippen molar-refractivity contribution in [1.82, 2.24) is 0 Å². The number of hydrogen-bond donors (Lipinski definition) is 0. The first-order chi connectivity index (χ1) is 4.33. The van der Waals surface area contributed by atoms with E-state index in [2.05, 4.69) is 0 Å². The average Bonchev–Trinajstić information content (AvgIpc) is 2.65. The maximum absolute atomic E-state index is 10.1. The van der Waals surface area contributed by atoms with Crippen LogP contribution in [0.5, 0.6) is 0 Å². The first kappa shape index (κ1) is 6.75. The molecule has 1 aliphatic carbocycles. The lowest BCUT2D eigenvalue weighted by atomic mass is 10.4. The topological polar surface area (TPSA) is 26.3 Å². The molecule has 0 amide bonds. The fraction of sp³-hybridized carbons (Fsp3) is 0.857. The van der Waals surface area contributed by atoms with Gasteiger partial charge < -0.3 is 4.74 Å². The van der Waals surface area contributed by atoms with Gasteiger partial charge in [-0.3, -0.25) is 4.79 Å². The fourth-order valence-corrected chi connectivity index (χ4v) is 0.687. The molecule has 51 valence electrons. The van der Waals surface area contributed by atoms with Crippen molar-refractivity contribution in [2.45, 2.75) is 31.8 Å². The summed E-state index contributed by atoms with van der Waals surface area (Å²) in [6, 6.07) is 0. The minimum Gasteiger partial charge on any atom is -0.367 e. The van der Waals surface area contributed by atoms with E-state index in [0.29, 0.717) is 6.61 Å². The highest BCUT2D eigenvalue weighted by atomic mass is 16.5. The van der Waals surface area contributed by atoms with Gasteiger partial charge >= 0.3 is 0 Å². The van der Waals surface area contributed by atoms with E-state index < -0.39 is 5.60 Å². The Morgan fingerprint density at radius 3 is 2.67 bits per heavy atom. The van der Waals surface area contributed by atoms with Gasteiger partial charge in [0.2, 0.25) is 6.29 Å². The van der Waals surface area contributed by atoms with Crippen molar-refractivity contribution in [3.05, 3.63) is 0 Å². The third-order valence-corrected chi connectivity index (χ3v) is 1.47. The van der Waals surface area contributed by atoms with Gasteiger partial charge in [0, 0.05) is 6.61 Å². The van der Waals surface area contributed by atoms with Crippen molar-refractivity contribution >= 4 is 6.29 Å². The summed E-state index contributed by atoms with van der Waals surface area (Å²) < 4.78 is 5.22. The van der Waals surface area contributed by atoms with Gasteiger partial charge in [-0.25, -0.2) is 0 Å². The minimum atomic E-state index is -0.462. The molecule has 0 aliphatic heterocycles. The van der Waals surface area contributed by atoms with Crippen molar-refractivity contribution in [2.75, 3.05) is 6.61 Å². The summed E-state index contributed by atoms with van der Waals surface area (Å²) in [5, 5.41) is 0. The van der Waals surface area contributed by atoms with Gasteiger partial charge in [-0.1, -0.05) is 6.92 Å². The monoisotopic (exact) mass is 127 g/mol. The molecule has 0 atom stereocenters. The quantitative estimate of drug-likeness (QED) is 0.564. The van der Waals surface area contributed by atoms with E-state index in [0.717, 1.165) is 19.3 Å². The minimum absolute atomic E-state index is 0.462. The van der Waals surface area contributed by atoms with E-state index in [9.17, 15) is 4.79 Å². The predicted molar refractivity (Wildman–Crippen MR) is 33.9 cm³/mol. The zero-order valence-electron chi connectivity index (χ0n) is 5.64. The summed E-state index contributed by atoms with van der Waals surface area (Å²) in [7, 11) is 0. The molecule has 0 aromatic carbocycles. The van der Waals surface area contributed by atoms with Crippen LogP contribution in [0.2, 0.25) is 0 Å². The van der Waals surface area contributed by atoms with Crippen LogP contribution in [0.3, 0.4) is 0 Å². The molecule has 0 saturated heterocycles. The molecule has 0 spiro atoms. The average molecular weight is 127 g/mol. The molecular formula is C7H11O2. The van der Waals surface area contributed by atoms with Crippen LogP contribution in [0.15, 0.2) is 0 Å². The van der Waals surface area contributed by atoms with Gasteiger partial charge in [-0.15, -0.1) is 0 Å². The van der Waals surface area contributed by atoms with E-state index in [1.807, 2.05) is 13.2 Å². The Balaban J connectivity index is 2.17. The van der Waals surface area contributed by atoms with Crippen molar-refractivity contribution in [2.24, 2.45) is 0 Å². The summed E-state index contributed by atoms with van der Waals surface area (Å²) in [6.45, 7) is 2.72. The maximum Gasteiger partial charge on any atom is 0.233 e. The summed E-state index contributed by atoms with van der Waals surface area (Å²) in [5.41, 5.74) is -0.462. The molecule has 1 rings (SSSR count). The molecule has 1 radical (unpaired) electrons. The SMILES string of the molecule is CCCOC1([C]=O)CC1. The van der Waals surface area contributed by atoms with Crippen LogP contribution >= 0.6 is 0 Å². The van der Waals surface area contributed by atoms with Gasteiger partial charge in [0.05, 0.1) is 0 Å². The van der Waals surface area contributed by atoms with Crippen LogP contribution in [-0.2, 0) is 9.53 Å². The summed E-state index contributed by atoms with van der Waals surface area (Å²) in [6.07, 6.45) is 4.63. The Morgan fingerprint density at radius 2 is 2.33 bits per heavy atom. The number of ether oxygens (including phenoxy) is 1. The van der Waals surface area contributed by atoms with Gasteiger partial charge in [0.15, 0.2) is 0 Å². The van der Waals surface area contributed by atoms with E-state index in [-0.39, 0.29) is 0 Å². The molecule has 1 saturated carbocycles. The molecule has 0 unspecified atom stereocenters. The Morgan fingerprint density at radius 1 is 1.67 bits per heavy atom. The second-order valence-electron chi connectivity index (χ2n) is 2.44. The zero-order valence-corrected chi connectivity index (χ0v) is 5.64. The van der Waals surface area contributed by atoms with Gasteiger partial charge in [-0.05, 0) is 19.3 Å². The Labute approximate surface area is 55.2 Å². The van der Waals surface area contributed by atoms with E-state index in [1.165, 1.54) is 0 Å². The number of rotatable bonds is 4. The second kappa shape index (κ2) is 2.48. The highest BCUT2D eigenvalue weighted by molar-refractivity contribution is 5.67. The maximum atomic E-state index is 10.1. The molecule has 0 heterocycles. The van der Waals surface area contributed by atoms with Crippen LogP contribution in [-0.4, -0.2) is 18.5 Å². The van der Waals surface area contributed by atoms with Crippen LogP contribution in [0, 0.1) is 0 Å². The van der Waals surface area contributed by atoms with E-state index in [4.69, 9.17) is 4.74 Å². The summed E-state index contributed by atoms with van der Waals surface area (Å²) >= 11 is 0. The third kappa shape index (κ3) is 1.52. The van der Waals surface area contributed by atoms with Crippen LogP contribution in [0.1, 0.15) is 26.2 Å². The highest BCUT2D eigenvalue weighted by Gasteiger charge is 2.44. The lowest BCUT2D eigenvalue weighted by Crippen LogP contribution is -2.15. The van der Waals surface area contributed by atoms with E-state index >= 15 is 0 Å². The molecule has 1 fully saturated rings. The number of hydrogen-bond acceptors (Lipinski definition) is 2. The van der Waals surface area contributed by atoms with Crippen LogP contribution < -0.4 is 0 Å². The zero-order chi connectivity index (χ0) is 6.74. The van der Waals surface area contributed by atoms with Crippen LogP contribution in [0.4, 0.5) is 0 Å². The van der Waals surface area contributed by atoms with Gasteiger partial charge in [0.25, 0.3) is 0 Å². The number of carbonyl (C=O) groups excluding carboxylic acids is 1. The molecule has 2 heteroatoms. The summed E-state index contributed by atoms with van der Waals surface area (Å²) in [5.74, 6) is 0. The highest BCUT2D eigenvalue weighted by Crippen LogP contribution is 2.37. The Kier molecular flexibility index (Phi) is 1.86. The Hall–Kier alpha value is -0.370. The normalized spacial score (nSPS) is 21.4. The first-order valence-corrected chi connectivity index (χ1v) is 3.36. The summed E-state index contributed by atoms with van der Waals surface area (Å²) in [4.78, 5) is 10.1.